The van der Waals surface area contributed by atoms with Crippen molar-refractivity contribution in [1.82, 2.24) is 0 Å². The second-order valence-electron chi connectivity index (χ2n) is 6.23. The van der Waals surface area contributed by atoms with Gasteiger partial charge in [-0.3, -0.25) is 4.31 Å². The number of ether oxygens (including phenoxy) is 2. The highest BCUT2D eigenvalue weighted by molar-refractivity contribution is 7.92. The van der Waals surface area contributed by atoms with Crippen molar-refractivity contribution in [2.75, 3.05) is 17.6 Å². The molecule has 6 nitrogen and oxygen atoms in total. The second kappa shape index (κ2) is 6.48. The lowest BCUT2D eigenvalue weighted by molar-refractivity contribution is 0.174. The molecule has 7 heteroatoms. The molecule has 0 aromatic heterocycles. The summed E-state index contributed by atoms with van der Waals surface area (Å²) < 4.78 is 38.2. The molecule has 0 atom stereocenters. The summed E-state index contributed by atoms with van der Waals surface area (Å²) in [6.07, 6.45) is 0. The maximum Gasteiger partial charge on any atom is 0.264 e. The van der Waals surface area contributed by atoms with Gasteiger partial charge in [0.15, 0.2) is 11.5 Å². The van der Waals surface area contributed by atoms with E-state index in [1.54, 1.807) is 24.3 Å². The molecule has 0 saturated carbocycles. The molecule has 0 amide bonds. The van der Waals surface area contributed by atoms with Gasteiger partial charge in [0.05, 0.1) is 10.6 Å². The lowest BCUT2D eigenvalue weighted by Gasteiger charge is -2.27. The summed E-state index contributed by atoms with van der Waals surface area (Å²) in [4.78, 5) is 0.0752. The third kappa shape index (κ3) is 3.24. The first-order valence-corrected chi connectivity index (χ1v) is 9.31. The predicted molar refractivity (Wildman–Crippen MR) is 94.5 cm³/mol. The van der Waals surface area contributed by atoms with Gasteiger partial charge in [0.25, 0.3) is 10.0 Å². The molecule has 2 aromatic rings. The zero-order valence-corrected chi connectivity index (χ0v) is 14.9. The Morgan fingerprint density at radius 1 is 1.20 bits per heavy atom. The van der Waals surface area contributed by atoms with Gasteiger partial charge in [-0.1, -0.05) is 26.0 Å². The molecule has 0 aliphatic carbocycles. The fraction of sp³-hybridized carbons (Fsp3) is 0.278. The van der Waals surface area contributed by atoms with Crippen LogP contribution in [0.25, 0.3) is 0 Å². The minimum atomic E-state index is -3.90. The first kappa shape index (κ1) is 17.4. The number of hydrogen-bond acceptors (Lipinski definition) is 5. The van der Waals surface area contributed by atoms with Crippen LogP contribution in [0.4, 0.5) is 5.69 Å². The van der Waals surface area contributed by atoms with Crippen molar-refractivity contribution in [3.8, 4) is 17.2 Å². The zero-order valence-electron chi connectivity index (χ0n) is 14.1. The fourth-order valence-electron chi connectivity index (χ4n) is 2.60. The zero-order chi connectivity index (χ0) is 18.2. The highest BCUT2D eigenvalue weighted by Crippen LogP contribution is 2.38. The van der Waals surface area contributed by atoms with Gasteiger partial charge in [-0.2, -0.15) is 0 Å². The maximum atomic E-state index is 13.2. The van der Waals surface area contributed by atoms with Crippen molar-refractivity contribution in [3.63, 3.8) is 0 Å². The van der Waals surface area contributed by atoms with Crippen LogP contribution in [0.15, 0.2) is 41.3 Å². The highest BCUT2D eigenvalue weighted by atomic mass is 32.2. The van der Waals surface area contributed by atoms with E-state index in [-0.39, 0.29) is 35.6 Å². The van der Waals surface area contributed by atoms with E-state index in [2.05, 4.69) is 6.92 Å². The van der Waals surface area contributed by atoms with E-state index in [1.165, 1.54) is 16.4 Å². The molecule has 0 fully saturated rings. The van der Waals surface area contributed by atoms with E-state index in [0.717, 1.165) is 0 Å². The maximum absolute atomic E-state index is 13.2. The number of para-hydroxylation sites is 1. The molecular formula is C18H20NO5S. The van der Waals surface area contributed by atoms with E-state index in [1.807, 2.05) is 13.8 Å². The van der Waals surface area contributed by atoms with Crippen molar-refractivity contribution < 1.29 is 23.0 Å². The summed E-state index contributed by atoms with van der Waals surface area (Å²) in [5.41, 5.74) is 0.575. The number of benzene rings is 2. The van der Waals surface area contributed by atoms with Crippen LogP contribution in [0.3, 0.4) is 0 Å². The molecule has 0 bridgehead atoms. The van der Waals surface area contributed by atoms with E-state index < -0.39 is 10.0 Å². The molecule has 0 unspecified atom stereocenters. The number of hydrogen-bond donors (Lipinski definition) is 1. The summed E-state index contributed by atoms with van der Waals surface area (Å²) >= 11 is 0. The minimum absolute atomic E-state index is 0.0525. The number of rotatable bonds is 5. The summed E-state index contributed by atoms with van der Waals surface area (Å²) in [5.74, 6) is 0.807. The summed E-state index contributed by atoms with van der Waals surface area (Å²) in [7, 11) is -3.90. The third-order valence-electron chi connectivity index (χ3n) is 3.83. The molecule has 1 N–H and O–H groups in total. The van der Waals surface area contributed by atoms with Crippen LogP contribution < -0.4 is 13.8 Å². The second-order valence-corrected chi connectivity index (χ2v) is 8.09. The summed E-state index contributed by atoms with van der Waals surface area (Å²) in [6, 6.07) is 9.34. The Bertz CT molecular complexity index is 892. The Labute approximate surface area is 147 Å². The number of nitrogens with zero attached hydrogens (tertiary/aromatic N) is 1. The molecule has 25 heavy (non-hydrogen) atoms. The van der Waals surface area contributed by atoms with Crippen molar-refractivity contribution in [2.24, 2.45) is 5.92 Å². The van der Waals surface area contributed by atoms with Gasteiger partial charge in [0, 0.05) is 12.6 Å². The van der Waals surface area contributed by atoms with E-state index >= 15 is 0 Å². The number of sulfonamides is 1. The minimum Gasteiger partial charge on any atom is -0.505 e. The van der Waals surface area contributed by atoms with Crippen LogP contribution in [-0.4, -0.2) is 26.9 Å². The fourth-order valence-corrected chi connectivity index (χ4v) is 4.25. The normalized spacial score (nSPS) is 13.3. The molecule has 2 aromatic carbocycles. The Morgan fingerprint density at radius 2 is 1.92 bits per heavy atom. The molecular weight excluding hydrogens is 342 g/mol. The van der Waals surface area contributed by atoms with E-state index in [0.29, 0.717) is 17.1 Å². The van der Waals surface area contributed by atoms with E-state index in [4.69, 9.17) is 9.47 Å². The van der Waals surface area contributed by atoms with Crippen molar-refractivity contribution >= 4 is 15.7 Å². The number of anilines is 1. The van der Waals surface area contributed by atoms with Crippen LogP contribution in [0, 0.1) is 12.8 Å². The lowest BCUT2D eigenvalue weighted by atomic mass is 10.1. The van der Waals surface area contributed by atoms with Crippen molar-refractivity contribution in [3.05, 3.63) is 48.9 Å². The van der Waals surface area contributed by atoms with Gasteiger partial charge in [-0.15, -0.1) is 0 Å². The van der Waals surface area contributed by atoms with Crippen LogP contribution in [0.2, 0.25) is 0 Å². The van der Waals surface area contributed by atoms with Crippen LogP contribution in [0.5, 0.6) is 17.2 Å². The molecule has 1 heterocycles. The Kier molecular flexibility index (Phi) is 4.51. The number of phenolic OH excluding ortho intramolecular Hbond substituents is 1. The molecule has 0 saturated heterocycles. The Hall–Kier alpha value is -2.41. The third-order valence-corrected chi connectivity index (χ3v) is 5.61. The predicted octanol–water partition coefficient (Wildman–Crippen LogP) is 3.15. The summed E-state index contributed by atoms with van der Waals surface area (Å²) in [6.45, 7) is 7.84. The smallest absolute Gasteiger partial charge is 0.264 e. The monoisotopic (exact) mass is 362 g/mol. The van der Waals surface area contributed by atoms with Gasteiger partial charge < -0.3 is 14.6 Å². The molecule has 1 aliphatic heterocycles. The highest BCUT2D eigenvalue weighted by Gasteiger charge is 2.29. The van der Waals surface area contributed by atoms with Crippen LogP contribution in [0.1, 0.15) is 19.4 Å². The van der Waals surface area contributed by atoms with Gasteiger partial charge in [0.1, 0.15) is 5.75 Å². The van der Waals surface area contributed by atoms with Gasteiger partial charge >= 0.3 is 0 Å². The van der Waals surface area contributed by atoms with Gasteiger partial charge in [-0.05, 0) is 36.6 Å². The average molecular weight is 362 g/mol. The van der Waals surface area contributed by atoms with Crippen LogP contribution >= 0.6 is 0 Å². The van der Waals surface area contributed by atoms with Gasteiger partial charge in [-0.25, -0.2) is 8.42 Å². The van der Waals surface area contributed by atoms with Crippen molar-refractivity contribution in [1.29, 1.82) is 0 Å². The molecule has 0 spiro atoms. The molecule has 3 rings (SSSR count). The first-order chi connectivity index (χ1) is 11.8. The summed E-state index contributed by atoms with van der Waals surface area (Å²) in [5, 5.41) is 10.3. The average Bonchev–Trinajstić information content (AvgIpc) is 3.03. The molecule has 133 valence electrons. The Morgan fingerprint density at radius 3 is 2.64 bits per heavy atom. The molecule has 1 radical (unpaired) electrons. The van der Waals surface area contributed by atoms with Gasteiger partial charge in [0.2, 0.25) is 6.79 Å². The number of aromatic hydroxyl groups is 1. The van der Waals surface area contributed by atoms with Crippen LogP contribution in [-0.2, 0) is 10.0 Å². The SMILES string of the molecule is [CH2]c1cccc(N(CC(C)C)S(=O)(=O)c2ccc3c(c2)OCO3)c1O. The van der Waals surface area contributed by atoms with Crippen molar-refractivity contribution in [2.45, 2.75) is 18.7 Å². The number of phenols is 1. The number of fused-ring (bicyclic) bond motifs is 1. The quantitative estimate of drug-likeness (QED) is 0.884. The Balaban J connectivity index is 2.10. The largest absolute Gasteiger partial charge is 0.505 e. The first-order valence-electron chi connectivity index (χ1n) is 7.87. The lowest BCUT2D eigenvalue weighted by Crippen LogP contribution is -2.34. The topological polar surface area (TPSA) is 76.1 Å². The molecule has 1 aliphatic rings. The van der Waals surface area contributed by atoms with E-state index in [9.17, 15) is 13.5 Å². The standard InChI is InChI=1S/C18H20NO5S/c1-12(2)10-19(15-6-4-5-13(3)18(15)20)25(21,22)14-7-8-16-17(9-14)24-11-23-16/h4-9,12,20H,3,10-11H2,1-2H3.